The molecule has 1 aromatic carbocycles. The molecule has 0 saturated heterocycles. The average molecular weight is 270 g/mol. The maximum atomic E-state index is 12.0. The lowest BCUT2D eigenvalue weighted by Gasteiger charge is -2.49. The zero-order chi connectivity index (χ0) is 13.5. The van der Waals surface area contributed by atoms with E-state index in [1.165, 1.54) is 18.2 Å². The molecular weight excluding hydrogens is 254 g/mol. The van der Waals surface area contributed by atoms with Crippen LogP contribution < -0.4 is 5.32 Å². The van der Waals surface area contributed by atoms with Crippen LogP contribution in [0.4, 0.5) is 0 Å². The minimum Gasteiger partial charge on any atom is -0.507 e. The summed E-state index contributed by atoms with van der Waals surface area (Å²) >= 11 is 5.79. The fourth-order valence-corrected chi connectivity index (χ4v) is 2.25. The molecule has 0 spiro atoms. The normalized spacial score (nSPS) is 25.3. The molecule has 2 unspecified atom stereocenters. The van der Waals surface area contributed by atoms with Crippen molar-refractivity contribution >= 4 is 17.5 Å². The maximum Gasteiger partial charge on any atom is 0.255 e. The van der Waals surface area contributed by atoms with Crippen molar-refractivity contribution in [1.29, 1.82) is 0 Å². The van der Waals surface area contributed by atoms with Crippen LogP contribution in [0.25, 0.3) is 0 Å². The Labute approximate surface area is 111 Å². The highest BCUT2D eigenvalue weighted by Crippen LogP contribution is 2.40. The second-order valence-electron chi connectivity index (χ2n) is 5.26. The molecule has 3 N–H and O–H groups in total. The Morgan fingerprint density at radius 1 is 1.50 bits per heavy atom. The highest BCUT2D eigenvalue weighted by molar-refractivity contribution is 6.31. The van der Waals surface area contributed by atoms with Crippen LogP contribution in [0.15, 0.2) is 18.2 Å². The van der Waals surface area contributed by atoms with E-state index < -0.39 is 6.10 Å². The fraction of sp³-hybridized carbons (Fsp3) is 0.462. The standard InChI is InChI=1S/C13H16ClNO3/c1-13(2)10(6-11(13)17)15-12(18)8-5-7(14)3-4-9(8)16/h3-5,10-11,16-17H,6H2,1-2H3,(H,15,18). The number of aromatic hydroxyl groups is 1. The van der Waals surface area contributed by atoms with Crippen molar-refractivity contribution in [2.45, 2.75) is 32.4 Å². The molecule has 1 amide bonds. The third-order valence-corrected chi connectivity index (χ3v) is 3.96. The molecule has 1 saturated carbocycles. The molecule has 98 valence electrons. The van der Waals surface area contributed by atoms with E-state index in [9.17, 15) is 15.0 Å². The number of aliphatic hydroxyl groups excluding tert-OH is 1. The van der Waals surface area contributed by atoms with Gasteiger partial charge in [0.1, 0.15) is 5.75 Å². The van der Waals surface area contributed by atoms with Gasteiger partial charge in [-0.3, -0.25) is 4.79 Å². The van der Waals surface area contributed by atoms with Gasteiger partial charge in [-0.15, -0.1) is 0 Å². The van der Waals surface area contributed by atoms with Crippen LogP contribution in [-0.4, -0.2) is 28.3 Å². The summed E-state index contributed by atoms with van der Waals surface area (Å²) in [7, 11) is 0. The highest BCUT2D eigenvalue weighted by Gasteiger charge is 2.48. The summed E-state index contributed by atoms with van der Waals surface area (Å²) in [5.74, 6) is -0.477. The second kappa shape index (κ2) is 4.44. The van der Waals surface area contributed by atoms with Gasteiger partial charge in [0.2, 0.25) is 0 Å². The molecule has 5 heteroatoms. The first kappa shape index (κ1) is 13.2. The van der Waals surface area contributed by atoms with Crippen LogP contribution in [0.3, 0.4) is 0 Å². The molecule has 0 aliphatic heterocycles. The number of rotatable bonds is 2. The number of nitrogens with one attached hydrogen (secondary N) is 1. The zero-order valence-corrected chi connectivity index (χ0v) is 11.0. The molecular formula is C13H16ClNO3. The summed E-state index contributed by atoms with van der Waals surface area (Å²) in [5, 5.41) is 22.4. The third-order valence-electron chi connectivity index (χ3n) is 3.72. The molecule has 2 atom stereocenters. The number of phenolic OH excluding ortho intramolecular Hbond substituents is 1. The van der Waals surface area contributed by atoms with Crippen molar-refractivity contribution in [3.05, 3.63) is 28.8 Å². The minimum atomic E-state index is -0.407. The third kappa shape index (κ3) is 2.18. The van der Waals surface area contributed by atoms with Gasteiger partial charge >= 0.3 is 0 Å². The summed E-state index contributed by atoms with van der Waals surface area (Å²) in [4.78, 5) is 12.0. The number of aliphatic hydroxyl groups is 1. The molecule has 0 heterocycles. The van der Waals surface area contributed by atoms with E-state index in [2.05, 4.69) is 5.32 Å². The van der Waals surface area contributed by atoms with Crippen molar-refractivity contribution in [3.8, 4) is 5.75 Å². The Kier molecular flexibility index (Phi) is 3.25. The van der Waals surface area contributed by atoms with Gasteiger partial charge in [-0.1, -0.05) is 25.4 Å². The van der Waals surface area contributed by atoms with Crippen LogP contribution in [-0.2, 0) is 0 Å². The zero-order valence-electron chi connectivity index (χ0n) is 10.3. The van der Waals surface area contributed by atoms with E-state index in [0.29, 0.717) is 11.4 Å². The van der Waals surface area contributed by atoms with Gasteiger partial charge in [-0.05, 0) is 24.6 Å². The van der Waals surface area contributed by atoms with E-state index in [0.717, 1.165) is 0 Å². The van der Waals surface area contributed by atoms with Crippen molar-refractivity contribution in [3.63, 3.8) is 0 Å². The molecule has 0 bridgehead atoms. The average Bonchev–Trinajstić information content (AvgIpc) is 2.31. The highest BCUT2D eigenvalue weighted by atomic mass is 35.5. The fourth-order valence-electron chi connectivity index (χ4n) is 2.07. The number of halogens is 1. The Hall–Kier alpha value is -1.26. The van der Waals surface area contributed by atoms with E-state index >= 15 is 0 Å². The SMILES string of the molecule is CC1(C)C(O)CC1NC(=O)c1cc(Cl)ccc1O. The number of phenols is 1. The van der Waals surface area contributed by atoms with E-state index in [1.807, 2.05) is 13.8 Å². The largest absolute Gasteiger partial charge is 0.507 e. The number of carbonyl (C=O) groups is 1. The van der Waals surface area contributed by atoms with E-state index in [1.54, 1.807) is 0 Å². The topological polar surface area (TPSA) is 69.6 Å². The minimum absolute atomic E-state index is 0.0987. The van der Waals surface area contributed by atoms with Gasteiger partial charge in [0.05, 0.1) is 11.7 Å². The van der Waals surface area contributed by atoms with E-state index in [-0.39, 0.29) is 28.7 Å². The number of amides is 1. The summed E-state index contributed by atoms with van der Waals surface area (Å²) in [5.41, 5.74) is -0.191. The lowest BCUT2D eigenvalue weighted by atomic mass is 9.64. The van der Waals surface area contributed by atoms with Gasteiger partial charge in [-0.2, -0.15) is 0 Å². The predicted octanol–water partition coefficient (Wildman–Crippen LogP) is 1.93. The maximum absolute atomic E-state index is 12.0. The number of benzene rings is 1. The first-order valence-corrected chi connectivity index (χ1v) is 6.17. The molecule has 4 nitrogen and oxygen atoms in total. The number of hydrogen-bond donors (Lipinski definition) is 3. The van der Waals surface area contributed by atoms with Crippen LogP contribution in [0.5, 0.6) is 5.75 Å². The van der Waals surface area contributed by atoms with Crippen LogP contribution in [0.2, 0.25) is 5.02 Å². The van der Waals surface area contributed by atoms with Crippen LogP contribution in [0, 0.1) is 5.41 Å². The van der Waals surface area contributed by atoms with Crippen molar-refractivity contribution < 1.29 is 15.0 Å². The first-order chi connectivity index (χ1) is 8.32. The van der Waals surface area contributed by atoms with Crippen LogP contribution in [0.1, 0.15) is 30.6 Å². The van der Waals surface area contributed by atoms with Crippen LogP contribution >= 0.6 is 11.6 Å². The monoisotopic (exact) mass is 269 g/mol. The van der Waals surface area contributed by atoms with Gasteiger partial charge < -0.3 is 15.5 Å². The lowest BCUT2D eigenvalue weighted by molar-refractivity contribution is -0.0689. The molecule has 1 fully saturated rings. The Morgan fingerprint density at radius 3 is 2.72 bits per heavy atom. The second-order valence-corrected chi connectivity index (χ2v) is 5.70. The molecule has 1 aliphatic rings. The summed E-state index contributed by atoms with van der Waals surface area (Å²) in [6.07, 6.45) is 0.121. The quantitative estimate of drug-likeness (QED) is 0.768. The number of carbonyl (C=O) groups excluding carboxylic acids is 1. The lowest BCUT2D eigenvalue weighted by Crippen LogP contribution is -2.61. The Morgan fingerprint density at radius 2 is 2.17 bits per heavy atom. The molecule has 18 heavy (non-hydrogen) atoms. The van der Waals surface area contributed by atoms with Gasteiger partial charge in [-0.25, -0.2) is 0 Å². The Bertz CT molecular complexity index is 487. The molecule has 0 aromatic heterocycles. The van der Waals surface area contributed by atoms with Gasteiger partial charge in [0, 0.05) is 16.5 Å². The predicted molar refractivity (Wildman–Crippen MR) is 68.8 cm³/mol. The summed E-state index contributed by atoms with van der Waals surface area (Å²) < 4.78 is 0. The van der Waals surface area contributed by atoms with Crippen molar-refractivity contribution in [1.82, 2.24) is 5.32 Å². The molecule has 1 aliphatic carbocycles. The van der Waals surface area contributed by atoms with Crippen molar-refractivity contribution in [2.24, 2.45) is 5.41 Å². The smallest absolute Gasteiger partial charge is 0.255 e. The molecule has 2 rings (SSSR count). The first-order valence-electron chi connectivity index (χ1n) is 5.80. The Balaban J connectivity index is 2.12. The van der Waals surface area contributed by atoms with Crippen molar-refractivity contribution in [2.75, 3.05) is 0 Å². The number of hydrogen-bond acceptors (Lipinski definition) is 3. The summed E-state index contributed by atoms with van der Waals surface area (Å²) in [6.45, 7) is 3.79. The molecule has 0 radical (unpaired) electrons. The molecule has 1 aromatic rings. The van der Waals surface area contributed by atoms with E-state index in [4.69, 9.17) is 11.6 Å². The summed E-state index contributed by atoms with van der Waals surface area (Å²) in [6, 6.07) is 4.23. The van der Waals surface area contributed by atoms with Gasteiger partial charge in [0.15, 0.2) is 0 Å². The van der Waals surface area contributed by atoms with Gasteiger partial charge in [0.25, 0.3) is 5.91 Å².